The zero-order valence-corrected chi connectivity index (χ0v) is 33.3. The van der Waals surface area contributed by atoms with Crippen molar-refractivity contribution >= 4 is 19.8 Å². The monoisotopic (exact) mass is 727 g/mol. The Balaban J connectivity index is 4.54. The molecule has 0 rings (SSSR count). The first-order valence-electron chi connectivity index (χ1n) is 19.4. The van der Waals surface area contributed by atoms with E-state index in [2.05, 4.69) is 50.3 Å². The normalized spacial score (nSPS) is 14.3. The number of allylic oxidation sites excluding steroid dienone is 8. The molecule has 2 unspecified atom stereocenters. The highest BCUT2D eigenvalue weighted by atomic mass is 31.2. The maximum absolute atomic E-state index is 12.6. The second-order valence-electron chi connectivity index (χ2n) is 13.9. The van der Waals surface area contributed by atoms with Crippen LogP contribution in [0.15, 0.2) is 48.6 Å². The summed E-state index contributed by atoms with van der Waals surface area (Å²) in [5.74, 6) is -0.896. The minimum absolute atomic E-state index is 0.0186. The fourth-order valence-electron chi connectivity index (χ4n) is 4.85. The van der Waals surface area contributed by atoms with Crippen molar-refractivity contribution in [3.8, 4) is 0 Å². The molecule has 0 aromatic rings. The predicted molar refractivity (Wildman–Crippen MR) is 206 cm³/mol. The summed E-state index contributed by atoms with van der Waals surface area (Å²) < 4.78 is 34.1. The van der Waals surface area contributed by atoms with Gasteiger partial charge in [-0.05, 0) is 38.5 Å². The fraction of sp³-hybridized carbons (Fsp3) is 0.750. The van der Waals surface area contributed by atoms with E-state index in [1.807, 2.05) is 33.3 Å². The van der Waals surface area contributed by atoms with Crippen LogP contribution in [0.1, 0.15) is 142 Å². The van der Waals surface area contributed by atoms with Crippen molar-refractivity contribution in [2.75, 3.05) is 47.5 Å². The fourth-order valence-corrected chi connectivity index (χ4v) is 5.59. The molecule has 0 aliphatic carbocycles. The van der Waals surface area contributed by atoms with Crippen molar-refractivity contribution in [1.29, 1.82) is 0 Å². The predicted octanol–water partition coefficient (Wildman–Crippen LogP) is 10.3. The molecule has 0 heterocycles. The molecule has 0 aromatic heterocycles. The molecule has 0 saturated heterocycles. The van der Waals surface area contributed by atoms with E-state index in [9.17, 15) is 19.0 Å². The van der Waals surface area contributed by atoms with Crippen LogP contribution in [0.25, 0.3) is 0 Å². The topological polar surface area (TPSA) is 108 Å². The summed E-state index contributed by atoms with van der Waals surface area (Å²) in [5, 5.41) is 0. The summed E-state index contributed by atoms with van der Waals surface area (Å²) in [6, 6.07) is 0. The van der Waals surface area contributed by atoms with Crippen molar-refractivity contribution in [3.05, 3.63) is 48.6 Å². The Hall–Kier alpha value is -2.03. The lowest BCUT2D eigenvalue weighted by Crippen LogP contribution is -2.37. The largest absolute Gasteiger partial charge is 0.472 e. The van der Waals surface area contributed by atoms with Gasteiger partial charge in [0.1, 0.15) is 19.8 Å². The van der Waals surface area contributed by atoms with Gasteiger partial charge in [-0.25, -0.2) is 4.57 Å². The van der Waals surface area contributed by atoms with E-state index in [1.165, 1.54) is 64.2 Å². The maximum Gasteiger partial charge on any atom is 0.472 e. The minimum atomic E-state index is -4.38. The number of rotatable bonds is 34. The van der Waals surface area contributed by atoms with Gasteiger partial charge in [-0.15, -0.1) is 0 Å². The molecule has 0 aromatic carbocycles. The van der Waals surface area contributed by atoms with Gasteiger partial charge in [0.2, 0.25) is 0 Å². The van der Waals surface area contributed by atoms with Crippen molar-refractivity contribution in [3.63, 3.8) is 0 Å². The summed E-state index contributed by atoms with van der Waals surface area (Å²) >= 11 is 0. The minimum Gasteiger partial charge on any atom is -0.462 e. The van der Waals surface area contributed by atoms with E-state index < -0.39 is 26.5 Å². The Bertz CT molecular complexity index is 1000. The highest BCUT2D eigenvalue weighted by Crippen LogP contribution is 2.43. The molecule has 9 nitrogen and oxygen atoms in total. The molecule has 0 bridgehead atoms. The first-order valence-corrected chi connectivity index (χ1v) is 20.9. The molecule has 0 fully saturated rings. The third-order valence-corrected chi connectivity index (χ3v) is 8.87. The first kappa shape index (κ1) is 48.0. The van der Waals surface area contributed by atoms with E-state index in [4.69, 9.17) is 18.5 Å². The molecular weight excluding hydrogens is 653 g/mol. The summed E-state index contributed by atoms with van der Waals surface area (Å²) in [7, 11) is 1.43. The number of unbranched alkanes of at least 4 members (excludes halogenated alkanes) is 12. The number of hydrogen-bond acceptors (Lipinski definition) is 7. The highest BCUT2D eigenvalue weighted by Gasteiger charge is 2.27. The van der Waals surface area contributed by atoms with E-state index in [0.717, 1.165) is 44.9 Å². The Labute approximate surface area is 305 Å². The van der Waals surface area contributed by atoms with Crippen LogP contribution in [0.5, 0.6) is 0 Å². The van der Waals surface area contributed by atoms with Crippen LogP contribution >= 0.6 is 7.82 Å². The van der Waals surface area contributed by atoms with Gasteiger partial charge in [0.15, 0.2) is 6.10 Å². The quantitative estimate of drug-likeness (QED) is 0.0230. The molecule has 0 spiro atoms. The van der Waals surface area contributed by atoms with Gasteiger partial charge in [-0.2, -0.15) is 0 Å². The smallest absolute Gasteiger partial charge is 0.462 e. The van der Waals surface area contributed by atoms with Gasteiger partial charge in [0.05, 0.1) is 27.7 Å². The van der Waals surface area contributed by atoms with Crippen molar-refractivity contribution in [2.24, 2.45) is 0 Å². The zero-order chi connectivity index (χ0) is 37.2. The SMILES string of the molecule is CC/C=C\C/C=C\C/C=C\C/C=C\CCC(=O)OC(COC(=O)CCCCCCCCCCCCCCC)COP(=O)(O)OCC[N+](C)(C)C. The Morgan fingerprint density at radius 1 is 0.640 bits per heavy atom. The number of phosphoric ester groups is 1. The van der Waals surface area contributed by atoms with Crippen LogP contribution in [-0.4, -0.2) is 74.9 Å². The Kier molecular flexibility index (Phi) is 31.5. The number of esters is 2. The third kappa shape index (κ3) is 35.8. The van der Waals surface area contributed by atoms with Crippen LogP contribution in [0, 0.1) is 0 Å². The average Bonchev–Trinajstić information content (AvgIpc) is 3.06. The second-order valence-corrected chi connectivity index (χ2v) is 15.4. The van der Waals surface area contributed by atoms with Crippen molar-refractivity contribution in [2.45, 2.75) is 148 Å². The van der Waals surface area contributed by atoms with Gasteiger partial charge in [0.25, 0.3) is 0 Å². The van der Waals surface area contributed by atoms with Gasteiger partial charge in [-0.3, -0.25) is 18.6 Å². The van der Waals surface area contributed by atoms with E-state index in [-0.39, 0.29) is 32.0 Å². The molecule has 0 radical (unpaired) electrons. The molecule has 1 N–H and O–H groups in total. The summed E-state index contributed by atoms with van der Waals surface area (Å²) in [4.78, 5) is 35.1. The van der Waals surface area contributed by atoms with Gasteiger partial charge in [-0.1, -0.05) is 140 Å². The van der Waals surface area contributed by atoms with Crippen LogP contribution in [0.4, 0.5) is 0 Å². The number of nitrogens with zero attached hydrogens (tertiary/aromatic N) is 1. The number of carbonyl (C=O) groups excluding carboxylic acids is 2. The number of ether oxygens (including phenoxy) is 2. The van der Waals surface area contributed by atoms with Crippen molar-refractivity contribution in [1.82, 2.24) is 0 Å². The Morgan fingerprint density at radius 3 is 1.66 bits per heavy atom. The van der Waals surface area contributed by atoms with E-state index in [0.29, 0.717) is 17.4 Å². The van der Waals surface area contributed by atoms with Gasteiger partial charge in [0, 0.05) is 12.8 Å². The first-order chi connectivity index (χ1) is 24.0. The summed E-state index contributed by atoms with van der Waals surface area (Å²) in [5.41, 5.74) is 0. The van der Waals surface area contributed by atoms with Gasteiger partial charge >= 0.3 is 19.8 Å². The summed E-state index contributed by atoms with van der Waals surface area (Å²) in [6.45, 7) is 4.20. The van der Waals surface area contributed by atoms with Crippen LogP contribution in [0.3, 0.4) is 0 Å². The van der Waals surface area contributed by atoms with Crippen LogP contribution in [0.2, 0.25) is 0 Å². The second kappa shape index (κ2) is 32.8. The van der Waals surface area contributed by atoms with Crippen LogP contribution in [-0.2, 0) is 32.7 Å². The zero-order valence-electron chi connectivity index (χ0n) is 32.4. The number of quaternary nitrogens is 1. The molecular formula is C40H73NO8P+. The third-order valence-electron chi connectivity index (χ3n) is 7.89. The van der Waals surface area contributed by atoms with Crippen LogP contribution < -0.4 is 0 Å². The standard InChI is InChI=1S/C40H72NO8P/c1-6-8-10-12-14-16-18-20-22-24-26-28-30-32-39(42)46-36-38(37-48-50(44,45)47-35-34-41(3,4)5)49-40(43)33-31-29-27-25-23-21-19-17-15-13-11-9-7-2/h9,11,15,17,21,23,27,29,38H,6-8,10,12-14,16,18-20,22,24-26,28,30-37H2,1-5H3/p+1/b11-9-,17-15-,23-21-,29-27-. The molecule has 0 saturated carbocycles. The number of phosphoric acid groups is 1. The number of carbonyl (C=O) groups is 2. The van der Waals surface area contributed by atoms with Crippen molar-refractivity contribution < 1.29 is 42.1 Å². The molecule has 0 aliphatic heterocycles. The Morgan fingerprint density at radius 2 is 1.14 bits per heavy atom. The lowest BCUT2D eigenvalue weighted by molar-refractivity contribution is -0.870. The average molecular weight is 727 g/mol. The lowest BCUT2D eigenvalue weighted by atomic mass is 10.0. The van der Waals surface area contributed by atoms with Gasteiger partial charge < -0.3 is 18.9 Å². The highest BCUT2D eigenvalue weighted by molar-refractivity contribution is 7.47. The maximum atomic E-state index is 12.6. The number of likely N-dealkylation sites (N-methyl/N-ethyl adjacent to an activating group) is 1. The molecule has 2 atom stereocenters. The van der Waals surface area contributed by atoms with E-state index in [1.54, 1.807) is 0 Å². The number of hydrogen-bond donors (Lipinski definition) is 1. The molecule has 290 valence electrons. The molecule has 50 heavy (non-hydrogen) atoms. The molecule has 10 heteroatoms. The summed E-state index contributed by atoms with van der Waals surface area (Å²) in [6.07, 6.45) is 36.1. The van der Waals surface area contributed by atoms with E-state index >= 15 is 0 Å². The lowest BCUT2D eigenvalue weighted by Gasteiger charge is -2.24. The molecule has 0 aliphatic rings. The molecule has 0 amide bonds.